The van der Waals surface area contributed by atoms with Gasteiger partial charge in [0.2, 0.25) is 17.8 Å². The Kier molecular flexibility index (Phi) is 8.01. The number of nitrogens with zero attached hydrogens (tertiary/aromatic N) is 5. The molecule has 1 aromatic carbocycles. The van der Waals surface area contributed by atoms with Crippen LogP contribution >= 0.6 is 11.8 Å². The fraction of sp³-hybridized carbons (Fsp3) is 0.444. The molecule has 0 saturated carbocycles. The highest BCUT2D eigenvalue weighted by molar-refractivity contribution is 7.99. The van der Waals surface area contributed by atoms with Gasteiger partial charge < -0.3 is 33.9 Å². The molecular weight excluding hydrogens is 536 g/mol. The highest BCUT2D eigenvalue weighted by Gasteiger charge is 2.36. The summed E-state index contributed by atoms with van der Waals surface area (Å²) in [6, 6.07) is 6.20. The molecule has 2 fully saturated rings. The Morgan fingerprint density at radius 2 is 1.80 bits per heavy atom. The number of thioether (sulfide) groups is 1. The van der Waals surface area contributed by atoms with E-state index in [1.165, 1.54) is 13.4 Å². The van der Waals surface area contributed by atoms with Crippen molar-refractivity contribution in [2.45, 2.75) is 19.9 Å². The minimum Gasteiger partial charge on any atom is -0.493 e. The van der Waals surface area contributed by atoms with Crippen LogP contribution in [0.1, 0.15) is 24.4 Å². The van der Waals surface area contributed by atoms with Gasteiger partial charge in [0.25, 0.3) is 5.91 Å². The first-order valence-corrected chi connectivity index (χ1v) is 14.2. The summed E-state index contributed by atoms with van der Waals surface area (Å²) in [5.74, 6) is 2.22. The van der Waals surface area contributed by atoms with E-state index in [9.17, 15) is 14.4 Å². The number of ether oxygens (including phenoxy) is 2. The van der Waals surface area contributed by atoms with Gasteiger partial charge in [-0.05, 0) is 18.2 Å². The van der Waals surface area contributed by atoms with Gasteiger partial charge in [-0.1, -0.05) is 13.8 Å². The van der Waals surface area contributed by atoms with Crippen LogP contribution in [0, 0.1) is 5.92 Å². The number of carbonyl (C=O) groups is 3. The van der Waals surface area contributed by atoms with Gasteiger partial charge in [0, 0.05) is 49.3 Å². The number of aromatic nitrogens is 2. The Morgan fingerprint density at radius 1 is 1.07 bits per heavy atom. The molecule has 2 aromatic heterocycles. The van der Waals surface area contributed by atoms with Gasteiger partial charge >= 0.3 is 0 Å². The molecule has 12 nitrogen and oxygen atoms in total. The van der Waals surface area contributed by atoms with Crippen molar-refractivity contribution in [1.82, 2.24) is 19.8 Å². The first-order chi connectivity index (χ1) is 19.3. The number of piperazine rings is 1. The number of benzene rings is 1. The van der Waals surface area contributed by atoms with E-state index >= 15 is 0 Å². The molecule has 1 atom stereocenters. The van der Waals surface area contributed by atoms with Crippen molar-refractivity contribution in [2.75, 3.05) is 62.2 Å². The highest BCUT2D eigenvalue weighted by Crippen LogP contribution is 2.35. The summed E-state index contributed by atoms with van der Waals surface area (Å²) < 4.78 is 16.2. The van der Waals surface area contributed by atoms with Crippen molar-refractivity contribution < 1.29 is 28.3 Å². The second-order valence-corrected chi connectivity index (χ2v) is 10.8. The molecule has 212 valence electrons. The maximum atomic E-state index is 13.5. The number of rotatable bonds is 7. The molecule has 0 spiro atoms. The smallest absolute Gasteiger partial charge is 0.289 e. The minimum atomic E-state index is -0.607. The third kappa shape index (κ3) is 5.37. The molecule has 3 aromatic rings. The SMILES string of the molecule is COc1cc2nc(N3CCN(C(=O)c4ccco4)CC3)nc(NC(=O)C3CSCN3C(=O)C(C)C)c2cc1OC. The third-order valence-corrected chi connectivity index (χ3v) is 7.99. The van der Waals surface area contributed by atoms with Gasteiger partial charge in [-0.2, -0.15) is 4.98 Å². The predicted molar refractivity (Wildman–Crippen MR) is 151 cm³/mol. The minimum absolute atomic E-state index is 0.0632. The van der Waals surface area contributed by atoms with E-state index in [0.29, 0.717) is 77.7 Å². The lowest BCUT2D eigenvalue weighted by atomic mass is 10.1. The van der Waals surface area contributed by atoms with Crippen molar-refractivity contribution in [3.8, 4) is 11.5 Å². The standard InChI is InChI=1S/C27H32N6O6S/c1-16(2)25(35)33-15-40-14-19(33)24(34)29-23-17-12-21(37-3)22(38-4)13-18(17)28-27(30-23)32-9-7-31(8-10-32)26(36)20-6-5-11-39-20/h5-6,11-13,16,19H,7-10,14-15H2,1-4H3,(H,28,29,30,34). The van der Waals surface area contributed by atoms with Crippen LogP contribution in [0.2, 0.25) is 0 Å². The van der Waals surface area contributed by atoms with E-state index < -0.39 is 6.04 Å². The number of anilines is 2. The maximum absolute atomic E-state index is 13.5. The first-order valence-electron chi connectivity index (χ1n) is 13.0. The number of furan rings is 1. The highest BCUT2D eigenvalue weighted by atomic mass is 32.2. The predicted octanol–water partition coefficient (Wildman–Crippen LogP) is 2.70. The summed E-state index contributed by atoms with van der Waals surface area (Å²) >= 11 is 1.54. The second kappa shape index (κ2) is 11.6. The molecule has 40 heavy (non-hydrogen) atoms. The van der Waals surface area contributed by atoms with Gasteiger partial charge in [0.05, 0.1) is 31.9 Å². The molecule has 2 aliphatic rings. The molecule has 1 unspecified atom stereocenters. The summed E-state index contributed by atoms with van der Waals surface area (Å²) in [7, 11) is 3.08. The Balaban J connectivity index is 1.44. The Hall–Kier alpha value is -4.00. The number of methoxy groups -OCH3 is 2. The quantitative estimate of drug-likeness (QED) is 0.454. The van der Waals surface area contributed by atoms with Crippen LogP contribution in [0.3, 0.4) is 0 Å². The van der Waals surface area contributed by atoms with E-state index in [-0.39, 0.29) is 23.6 Å². The molecular formula is C27H32N6O6S. The summed E-state index contributed by atoms with van der Waals surface area (Å²) in [6.07, 6.45) is 1.48. The van der Waals surface area contributed by atoms with Gasteiger partial charge in [-0.25, -0.2) is 4.98 Å². The molecule has 0 bridgehead atoms. The number of hydrogen-bond donors (Lipinski definition) is 1. The molecule has 13 heteroatoms. The van der Waals surface area contributed by atoms with Crippen molar-refractivity contribution in [3.63, 3.8) is 0 Å². The molecule has 2 aliphatic heterocycles. The van der Waals surface area contributed by atoms with Crippen LogP contribution in [-0.4, -0.2) is 95.6 Å². The number of hydrogen-bond acceptors (Lipinski definition) is 10. The lowest BCUT2D eigenvalue weighted by Crippen LogP contribution is -2.49. The number of carbonyl (C=O) groups excluding carboxylic acids is 3. The van der Waals surface area contributed by atoms with E-state index in [1.807, 2.05) is 18.7 Å². The lowest BCUT2D eigenvalue weighted by Gasteiger charge is -2.34. The number of fused-ring (bicyclic) bond motifs is 1. The van der Waals surface area contributed by atoms with Crippen LogP contribution in [0.25, 0.3) is 10.9 Å². The third-order valence-electron chi connectivity index (χ3n) is 6.97. The van der Waals surface area contributed by atoms with Gasteiger partial charge in [0.15, 0.2) is 17.3 Å². The average molecular weight is 569 g/mol. The van der Waals surface area contributed by atoms with Crippen LogP contribution in [-0.2, 0) is 9.59 Å². The summed E-state index contributed by atoms with van der Waals surface area (Å²) in [5.41, 5.74) is 0.558. The molecule has 4 heterocycles. The van der Waals surface area contributed by atoms with Crippen LogP contribution < -0.4 is 19.7 Å². The zero-order valence-corrected chi connectivity index (χ0v) is 23.7. The summed E-state index contributed by atoms with van der Waals surface area (Å²) in [4.78, 5) is 53.8. The Morgan fingerprint density at radius 3 is 2.45 bits per heavy atom. The molecule has 0 radical (unpaired) electrons. The van der Waals surface area contributed by atoms with E-state index in [0.717, 1.165) is 0 Å². The van der Waals surface area contributed by atoms with Crippen molar-refractivity contribution >= 4 is 52.2 Å². The normalized spacial score (nSPS) is 17.4. The van der Waals surface area contributed by atoms with Crippen LogP contribution in [0.4, 0.5) is 11.8 Å². The second-order valence-electron chi connectivity index (χ2n) is 9.82. The van der Waals surface area contributed by atoms with E-state index in [4.69, 9.17) is 23.9 Å². The van der Waals surface area contributed by atoms with Gasteiger partial charge in [-0.15, -0.1) is 11.8 Å². The average Bonchev–Trinajstić information content (AvgIpc) is 3.68. The molecule has 5 rings (SSSR count). The van der Waals surface area contributed by atoms with Gasteiger partial charge in [0.1, 0.15) is 11.9 Å². The Bertz CT molecular complexity index is 1410. The van der Waals surface area contributed by atoms with Crippen LogP contribution in [0.15, 0.2) is 34.9 Å². The molecule has 0 aliphatic carbocycles. The topological polar surface area (TPSA) is 130 Å². The summed E-state index contributed by atoms with van der Waals surface area (Å²) in [6.45, 7) is 5.56. The molecule has 2 saturated heterocycles. The number of nitrogens with one attached hydrogen (secondary N) is 1. The first kappa shape index (κ1) is 27.6. The lowest BCUT2D eigenvalue weighted by molar-refractivity contribution is -0.138. The zero-order valence-electron chi connectivity index (χ0n) is 22.9. The fourth-order valence-corrected chi connectivity index (χ4v) is 5.92. The largest absolute Gasteiger partial charge is 0.493 e. The monoisotopic (exact) mass is 568 g/mol. The fourth-order valence-electron chi connectivity index (χ4n) is 4.75. The zero-order chi connectivity index (χ0) is 28.4. The van der Waals surface area contributed by atoms with Crippen LogP contribution in [0.5, 0.6) is 11.5 Å². The van der Waals surface area contributed by atoms with Crippen molar-refractivity contribution in [1.29, 1.82) is 0 Å². The molecule has 1 N–H and O–H groups in total. The molecule has 3 amide bonds. The van der Waals surface area contributed by atoms with E-state index in [2.05, 4.69) is 5.32 Å². The van der Waals surface area contributed by atoms with E-state index in [1.54, 1.807) is 52.9 Å². The Labute approximate surface area is 236 Å². The van der Waals surface area contributed by atoms with Crippen molar-refractivity contribution in [2.24, 2.45) is 5.92 Å². The maximum Gasteiger partial charge on any atom is 0.289 e. The van der Waals surface area contributed by atoms with Gasteiger partial charge in [-0.3, -0.25) is 14.4 Å². The summed E-state index contributed by atoms with van der Waals surface area (Å²) in [5, 5.41) is 3.54. The number of amides is 3. The van der Waals surface area contributed by atoms with Crippen molar-refractivity contribution in [3.05, 3.63) is 36.3 Å².